The van der Waals surface area contributed by atoms with Crippen LogP contribution < -0.4 is 10.9 Å². The van der Waals surface area contributed by atoms with Crippen LogP contribution in [0, 0.1) is 6.92 Å². The number of aromatic nitrogens is 3. The molecule has 8 heteroatoms. The highest BCUT2D eigenvalue weighted by atomic mass is 16.5. The van der Waals surface area contributed by atoms with Gasteiger partial charge in [-0.05, 0) is 31.2 Å². The summed E-state index contributed by atoms with van der Waals surface area (Å²) in [5.41, 5.74) is 1.50. The molecule has 0 aliphatic carbocycles. The smallest absolute Gasteiger partial charge is 0.295 e. The van der Waals surface area contributed by atoms with Crippen LogP contribution in [-0.2, 0) is 7.05 Å². The molecule has 0 radical (unpaired) electrons. The zero-order valence-corrected chi connectivity index (χ0v) is 15.8. The molecule has 4 aromatic rings. The van der Waals surface area contributed by atoms with Gasteiger partial charge in [0.25, 0.3) is 11.5 Å². The number of carbonyl (C=O) groups is 1. The van der Waals surface area contributed by atoms with Crippen molar-refractivity contribution in [2.75, 3.05) is 5.32 Å². The Balaban J connectivity index is 1.65. The molecule has 146 valence electrons. The number of benzene rings is 2. The molecule has 0 saturated heterocycles. The van der Waals surface area contributed by atoms with Gasteiger partial charge in [-0.25, -0.2) is 4.68 Å². The van der Waals surface area contributed by atoms with E-state index in [-0.39, 0.29) is 28.5 Å². The quantitative estimate of drug-likeness (QED) is 0.557. The zero-order valence-electron chi connectivity index (χ0n) is 15.8. The van der Waals surface area contributed by atoms with Crippen molar-refractivity contribution in [2.24, 2.45) is 7.05 Å². The molecular weight excluding hydrogens is 372 g/mol. The maximum Gasteiger partial charge on any atom is 0.295 e. The number of para-hydroxylation sites is 2. The number of nitrogens with one attached hydrogen (secondary N) is 1. The summed E-state index contributed by atoms with van der Waals surface area (Å²) >= 11 is 0. The molecule has 2 aromatic carbocycles. The van der Waals surface area contributed by atoms with Crippen LogP contribution in [0.5, 0.6) is 5.75 Å². The van der Waals surface area contributed by atoms with E-state index in [1.807, 2.05) is 30.3 Å². The van der Waals surface area contributed by atoms with E-state index in [1.54, 1.807) is 36.9 Å². The SMILES string of the molecule is Cc1c(NC(=O)c2cc(-c3ccccc3O)on2)c(=O)n(-c2ccccc2)n1C. The number of amides is 1. The molecule has 0 saturated carbocycles. The van der Waals surface area contributed by atoms with Crippen LogP contribution in [0.25, 0.3) is 17.0 Å². The van der Waals surface area contributed by atoms with Crippen molar-refractivity contribution in [1.82, 2.24) is 14.5 Å². The molecule has 0 fully saturated rings. The molecule has 0 bridgehead atoms. The molecular formula is C21H18N4O4. The largest absolute Gasteiger partial charge is 0.507 e. The van der Waals surface area contributed by atoms with Gasteiger partial charge in [0.2, 0.25) is 0 Å². The van der Waals surface area contributed by atoms with Crippen molar-refractivity contribution < 1.29 is 14.4 Å². The standard InChI is InChI=1S/C21H18N4O4/c1-13-19(21(28)25(24(13)2)14-8-4-3-5-9-14)22-20(27)16-12-18(29-23-16)15-10-6-7-11-17(15)26/h3-12,26H,1-2H3,(H,22,27). The summed E-state index contributed by atoms with van der Waals surface area (Å²) < 4.78 is 8.33. The Hall–Kier alpha value is -4.07. The summed E-state index contributed by atoms with van der Waals surface area (Å²) in [6.45, 7) is 1.74. The topological polar surface area (TPSA) is 102 Å². The van der Waals surface area contributed by atoms with Gasteiger partial charge >= 0.3 is 0 Å². The third-order valence-corrected chi connectivity index (χ3v) is 4.71. The van der Waals surface area contributed by atoms with Crippen LogP contribution in [-0.4, -0.2) is 25.5 Å². The van der Waals surface area contributed by atoms with Crippen LogP contribution in [0.15, 0.2) is 70.0 Å². The first-order chi connectivity index (χ1) is 14.0. The van der Waals surface area contributed by atoms with Crippen molar-refractivity contribution >= 4 is 11.6 Å². The Morgan fingerprint density at radius 1 is 1.10 bits per heavy atom. The molecule has 2 aromatic heterocycles. The second-order valence-corrected chi connectivity index (χ2v) is 6.48. The second kappa shape index (κ2) is 7.16. The minimum Gasteiger partial charge on any atom is -0.507 e. The summed E-state index contributed by atoms with van der Waals surface area (Å²) in [5.74, 6) is -0.318. The van der Waals surface area contributed by atoms with Gasteiger partial charge in [0.05, 0.1) is 16.9 Å². The Bertz CT molecular complexity index is 1250. The Kier molecular flexibility index (Phi) is 4.52. The van der Waals surface area contributed by atoms with Crippen LogP contribution >= 0.6 is 0 Å². The van der Waals surface area contributed by atoms with Gasteiger partial charge in [0.15, 0.2) is 11.5 Å². The van der Waals surface area contributed by atoms with Crippen molar-refractivity contribution in [2.45, 2.75) is 6.92 Å². The first-order valence-electron chi connectivity index (χ1n) is 8.88. The maximum atomic E-state index is 12.9. The van der Waals surface area contributed by atoms with Crippen LogP contribution in [0.1, 0.15) is 16.2 Å². The predicted octanol–water partition coefficient (Wildman–Crippen LogP) is 3.10. The van der Waals surface area contributed by atoms with Gasteiger partial charge in [-0.15, -0.1) is 0 Å². The normalized spacial score (nSPS) is 10.8. The fourth-order valence-corrected chi connectivity index (χ4v) is 3.08. The fourth-order valence-electron chi connectivity index (χ4n) is 3.08. The predicted molar refractivity (Wildman–Crippen MR) is 107 cm³/mol. The molecule has 0 unspecified atom stereocenters. The molecule has 2 N–H and O–H groups in total. The van der Waals surface area contributed by atoms with Crippen molar-refractivity contribution in [3.8, 4) is 22.8 Å². The van der Waals surface area contributed by atoms with E-state index in [9.17, 15) is 14.7 Å². The van der Waals surface area contributed by atoms with E-state index in [0.717, 1.165) is 0 Å². The monoisotopic (exact) mass is 390 g/mol. The number of phenolic OH excluding ortho intramolecular Hbond substituents is 1. The van der Waals surface area contributed by atoms with Gasteiger partial charge in [-0.3, -0.25) is 14.3 Å². The van der Waals surface area contributed by atoms with Crippen molar-refractivity contribution in [1.29, 1.82) is 0 Å². The van der Waals surface area contributed by atoms with E-state index in [1.165, 1.54) is 16.8 Å². The molecule has 0 aliphatic rings. The number of carbonyl (C=O) groups excluding carboxylic acids is 1. The maximum absolute atomic E-state index is 12.9. The molecule has 29 heavy (non-hydrogen) atoms. The number of hydrogen-bond donors (Lipinski definition) is 2. The van der Waals surface area contributed by atoms with Crippen LogP contribution in [0.4, 0.5) is 5.69 Å². The molecule has 0 atom stereocenters. The summed E-state index contributed by atoms with van der Waals surface area (Å²) in [7, 11) is 1.74. The summed E-state index contributed by atoms with van der Waals surface area (Å²) in [6, 6.07) is 17.1. The van der Waals surface area contributed by atoms with Crippen LogP contribution in [0.2, 0.25) is 0 Å². The van der Waals surface area contributed by atoms with Gasteiger partial charge in [-0.1, -0.05) is 35.5 Å². The van der Waals surface area contributed by atoms with Crippen LogP contribution in [0.3, 0.4) is 0 Å². The van der Waals surface area contributed by atoms with Gasteiger partial charge in [-0.2, -0.15) is 0 Å². The van der Waals surface area contributed by atoms with E-state index in [2.05, 4.69) is 10.5 Å². The average Bonchev–Trinajstić information content (AvgIpc) is 3.29. The molecule has 0 aliphatic heterocycles. The van der Waals surface area contributed by atoms with E-state index >= 15 is 0 Å². The Labute approximate surface area is 165 Å². The number of nitrogens with zero attached hydrogens (tertiary/aromatic N) is 3. The number of rotatable bonds is 4. The number of hydrogen-bond acceptors (Lipinski definition) is 5. The Morgan fingerprint density at radius 2 is 1.79 bits per heavy atom. The number of phenols is 1. The zero-order chi connectivity index (χ0) is 20.5. The number of aromatic hydroxyl groups is 1. The molecule has 0 spiro atoms. The van der Waals surface area contributed by atoms with E-state index in [4.69, 9.17) is 4.52 Å². The third kappa shape index (κ3) is 3.20. The highest BCUT2D eigenvalue weighted by Gasteiger charge is 2.21. The van der Waals surface area contributed by atoms with Gasteiger partial charge < -0.3 is 14.9 Å². The van der Waals surface area contributed by atoms with E-state index < -0.39 is 5.91 Å². The summed E-state index contributed by atoms with van der Waals surface area (Å²) in [5, 5.41) is 16.3. The highest BCUT2D eigenvalue weighted by Crippen LogP contribution is 2.29. The fraction of sp³-hybridized carbons (Fsp3) is 0.0952. The lowest BCUT2D eigenvalue weighted by molar-refractivity contribution is 0.101. The number of anilines is 1. The highest BCUT2D eigenvalue weighted by molar-refractivity contribution is 6.03. The van der Waals surface area contributed by atoms with Crippen molar-refractivity contribution in [3.05, 3.63) is 82.4 Å². The molecule has 2 heterocycles. The lowest BCUT2D eigenvalue weighted by atomic mass is 10.1. The second-order valence-electron chi connectivity index (χ2n) is 6.48. The van der Waals surface area contributed by atoms with E-state index in [0.29, 0.717) is 16.9 Å². The van der Waals surface area contributed by atoms with Gasteiger partial charge in [0.1, 0.15) is 11.4 Å². The summed E-state index contributed by atoms with van der Waals surface area (Å²) in [4.78, 5) is 25.6. The lowest BCUT2D eigenvalue weighted by Gasteiger charge is -2.07. The first kappa shape index (κ1) is 18.3. The summed E-state index contributed by atoms with van der Waals surface area (Å²) in [6.07, 6.45) is 0. The first-order valence-corrected chi connectivity index (χ1v) is 8.88. The van der Waals surface area contributed by atoms with Crippen molar-refractivity contribution in [3.63, 3.8) is 0 Å². The third-order valence-electron chi connectivity index (χ3n) is 4.71. The average molecular weight is 390 g/mol. The van der Waals surface area contributed by atoms with Gasteiger partial charge in [0, 0.05) is 13.1 Å². The molecule has 8 nitrogen and oxygen atoms in total. The molecule has 4 rings (SSSR count). The lowest BCUT2D eigenvalue weighted by Crippen LogP contribution is -2.23. The minimum atomic E-state index is -0.582. The molecule has 1 amide bonds. The minimum absolute atomic E-state index is 0.00262. The Morgan fingerprint density at radius 3 is 2.52 bits per heavy atom.